The summed E-state index contributed by atoms with van der Waals surface area (Å²) in [7, 11) is -3.62. The Morgan fingerprint density at radius 2 is 1.84 bits per heavy atom. The second kappa shape index (κ2) is 9.46. The molecule has 172 valence electrons. The number of halogens is 2. The van der Waals surface area contributed by atoms with Crippen molar-refractivity contribution in [3.05, 3.63) is 59.4 Å². The minimum atomic E-state index is -3.62. The van der Waals surface area contributed by atoms with Gasteiger partial charge in [-0.25, -0.2) is 22.2 Å². The molecule has 0 aliphatic carbocycles. The minimum absolute atomic E-state index is 0.0514. The van der Waals surface area contributed by atoms with Crippen LogP contribution in [0.3, 0.4) is 0 Å². The molecule has 1 aliphatic heterocycles. The van der Waals surface area contributed by atoms with Crippen molar-refractivity contribution in [1.29, 1.82) is 0 Å². The molecule has 1 unspecified atom stereocenters. The molecule has 0 radical (unpaired) electrons. The average molecular weight is 482 g/mol. The lowest BCUT2D eigenvalue weighted by molar-refractivity contribution is 0.0730. The lowest BCUT2D eigenvalue weighted by atomic mass is 10.1. The van der Waals surface area contributed by atoms with Gasteiger partial charge in [0.25, 0.3) is 0 Å². The summed E-state index contributed by atoms with van der Waals surface area (Å²) in [6.07, 6.45) is 0. The van der Waals surface area contributed by atoms with E-state index in [2.05, 4.69) is 4.98 Å². The van der Waals surface area contributed by atoms with Gasteiger partial charge in [-0.1, -0.05) is 6.07 Å². The monoisotopic (exact) mass is 481 g/mol. The number of aromatic nitrogens is 2. The Balaban J connectivity index is 1.60. The Hall–Kier alpha value is -2.01. The Bertz CT molecular complexity index is 1200. The van der Waals surface area contributed by atoms with E-state index in [-0.39, 0.29) is 10.5 Å². The van der Waals surface area contributed by atoms with Crippen molar-refractivity contribution in [2.45, 2.75) is 36.3 Å². The predicted octanol–water partition coefficient (Wildman–Crippen LogP) is 4.35. The molecular weight excluding hydrogens is 456 g/mol. The summed E-state index contributed by atoms with van der Waals surface area (Å²) in [5.41, 5.74) is 1.46. The van der Waals surface area contributed by atoms with Crippen LogP contribution in [0.1, 0.15) is 30.5 Å². The number of fused-ring (bicyclic) bond motifs is 1. The first-order chi connectivity index (χ1) is 15.3. The van der Waals surface area contributed by atoms with Crippen molar-refractivity contribution in [3.63, 3.8) is 0 Å². The number of nitrogens with zero attached hydrogens (tertiary/aromatic N) is 3. The molecule has 10 heteroatoms. The van der Waals surface area contributed by atoms with Crippen LogP contribution in [0.4, 0.5) is 8.78 Å². The van der Waals surface area contributed by atoms with Crippen molar-refractivity contribution in [1.82, 2.24) is 13.9 Å². The fourth-order valence-electron chi connectivity index (χ4n) is 3.90. The molecule has 1 fully saturated rings. The number of morpholine rings is 1. The summed E-state index contributed by atoms with van der Waals surface area (Å²) in [5.74, 6) is 0.0409. The summed E-state index contributed by atoms with van der Waals surface area (Å²) in [4.78, 5) is 4.86. The summed E-state index contributed by atoms with van der Waals surface area (Å²) < 4.78 is 62.9. The lowest BCUT2D eigenvalue weighted by Crippen LogP contribution is -2.40. The zero-order valence-electron chi connectivity index (χ0n) is 17.9. The van der Waals surface area contributed by atoms with E-state index in [1.807, 2.05) is 11.5 Å². The zero-order chi connectivity index (χ0) is 22.9. The normalized spacial score (nSPS) is 16.5. The second-order valence-corrected chi connectivity index (χ2v) is 10.8. The number of rotatable bonds is 7. The second-order valence-electron chi connectivity index (χ2n) is 7.53. The number of imidazole rings is 1. The highest BCUT2D eigenvalue weighted by molar-refractivity contribution is 7.98. The van der Waals surface area contributed by atoms with Crippen molar-refractivity contribution < 1.29 is 21.9 Å². The highest BCUT2D eigenvalue weighted by atomic mass is 32.2. The molecule has 0 bridgehead atoms. The maximum Gasteiger partial charge on any atom is 0.243 e. The fraction of sp³-hybridized carbons (Fsp3) is 0.409. The third-order valence-corrected chi connectivity index (χ3v) is 8.65. The van der Waals surface area contributed by atoms with Gasteiger partial charge in [0.1, 0.15) is 17.5 Å². The fourth-order valence-corrected chi connectivity index (χ4v) is 6.34. The molecule has 1 atom stereocenters. The van der Waals surface area contributed by atoms with Gasteiger partial charge in [-0.15, -0.1) is 11.8 Å². The summed E-state index contributed by atoms with van der Waals surface area (Å²) in [5, 5.41) is -0.404. The van der Waals surface area contributed by atoms with Crippen molar-refractivity contribution in [2.24, 2.45) is 0 Å². The first-order valence-corrected chi connectivity index (χ1v) is 12.9. The number of ether oxygens (including phenoxy) is 1. The van der Waals surface area contributed by atoms with Crippen LogP contribution in [0, 0.1) is 11.6 Å². The van der Waals surface area contributed by atoms with E-state index in [1.54, 1.807) is 25.1 Å². The molecule has 0 amide bonds. The van der Waals surface area contributed by atoms with Gasteiger partial charge in [0.15, 0.2) is 0 Å². The molecule has 2 aromatic carbocycles. The van der Waals surface area contributed by atoms with Gasteiger partial charge in [0.2, 0.25) is 10.0 Å². The molecule has 3 aromatic rings. The smallest absolute Gasteiger partial charge is 0.243 e. The van der Waals surface area contributed by atoms with Gasteiger partial charge in [-0.2, -0.15) is 4.31 Å². The summed E-state index contributed by atoms with van der Waals surface area (Å²) in [6, 6.07) is 8.84. The van der Waals surface area contributed by atoms with E-state index in [0.717, 1.165) is 11.3 Å². The van der Waals surface area contributed by atoms with Gasteiger partial charge in [0, 0.05) is 30.4 Å². The van der Waals surface area contributed by atoms with E-state index in [4.69, 9.17) is 4.74 Å². The number of hydrogen-bond acceptors (Lipinski definition) is 5. The molecular formula is C22H25F2N3O3S2. The van der Waals surface area contributed by atoms with Crippen LogP contribution in [0.2, 0.25) is 0 Å². The van der Waals surface area contributed by atoms with Gasteiger partial charge in [-0.3, -0.25) is 0 Å². The standard InChI is InChI=1S/C22H25F2N3O3S2/c1-3-27-20-8-7-16(32(28,29)26-9-11-30-12-10-26)13-19(20)25-21(27)14-31-15(2)22-17(23)5-4-6-18(22)24/h4-8,13,15H,3,9-12,14H2,1-2H3. The molecule has 1 aliphatic rings. The molecule has 0 saturated carbocycles. The molecule has 1 saturated heterocycles. The Labute approximate surface area is 190 Å². The third kappa shape index (κ3) is 4.41. The molecule has 2 heterocycles. The van der Waals surface area contributed by atoms with Gasteiger partial charge >= 0.3 is 0 Å². The molecule has 32 heavy (non-hydrogen) atoms. The predicted molar refractivity (Wildman–Crippen MR) is 121 cm³/mol. The van der Waals surface area contributed by atoms with Crippen molar-refractivity contribution in [2.75, 3.05) is 26.3 Å². The van der Waals surface area contributed by atoms with Crippen LogP contribution < -0.4 is 0 Å². The van der Waals surface area contributed by atoms with E-state index in [9.17, 15) is 17.2 Å². The topological polar surface area (TPSA) is 64.4 Å². The summed E-state index contributed by atoms with van der Waals surface area (Å²) in [6.45, 7) is 5.81. The highest BCUT2D eigenvalue weighted by Gasteiger charge is 2.27. The molecule has 0 spiro atoms. The summed E-state index contributed by atoms with van der Waals surface area (Å²) >= 11 is 1.38. The van der Waals surface area contributed by atoms with Crippen LogP contribution in [-0.4, -0.2) is 48.6 Å². The Kier molecular flexibility index (Phi) is 6.85. The van der Waals surface area contributed by atoms with Crippen molar-refractivity contribution in [3.8, 4) is 0 Å². The van der Waals surface area contributed by atoms with Gasteiger partial charge in [-0.05, 0) is 44.2 Å². The average Bonchev–Trinajstić information content (AvgIpc) is 3.15. The molecule has 4 rings (SSSR count). The first-order valence-electron chi connectivity index (χ1n) is 10.5. The third-order valence-electron chi connectivity index (χ3n) is 5.59. The lowest BCUT2D eigenvalue weighted by Gasteiger charge is -2.26. The maximum atomic E-state index is 14.1. The zero-order valence-corrected chi connectivity index (χ0v) is 19.6. The van der Waals surface area contributed by atoms with Crippen LogP contribution in [0.25, 0.3) is 11.0 Å². The SMILES string of the molecule is CCn1c(CSC(C)c2c(F)cccc2F)nc2cc(S(=O)(=O)N3CCOCC3)ccc21. The number of sulfonamides is 1. The van der Waals surface area contributed by atoms with Crippen molar-refractivity contribution >= 4 is 32.8 Å². The largest absolute Gasteiger partial charge is 0.379 e. The van der Waals surface area contributed by atoms with Crippen LogP contribution in [0.5, 0.6) is 0 Å². The van der Waals surface area contributed by atoms with Crippen LogP contribution in [0.15, 0.2) is 41.3 Å². The van der Waals surface area contributed by atoms with Gasteiger partial charge < -0.3 is 9.30 Å². The van der Waals surface area contributed by atoms with Crippen LogP contribution >= 0.6 is 11.8 Å². The van der Waals surface area contributed by atoms with E-state index in [0.29, 0.717) is 44.1 Å². The number of hydrogen-bond donors (Lipinski definition) is 0. The molecule has 0 N–H and O–H groups in total. The highest BCUT2D eigenvalue weighted by Crippen LogP contribution is 2.35. The van der Waals surface area contributed by atoms with Gasteiger partial charge in [0.05, 0.1) is 34.9 Å². The molecule has 6 nitrogen and oxygen atoms in total. The number of aryl methyl sites for hydroxylation is 1. The van der Waals surface area contributed by atoms with Crippen LogP contribution in [-0.2, 0) is 27.1 Å². The molecule has 1 aromatic heterocycles. The quantitative estimate of drug-likeness (QED) is 0.502. The number of benzene rings is 2. The maximum absolute atomic E-state index is 14.1. The Morgan fingerprint density at radius 1 is 1.16 bits per heavy atom. The van der Waals surface area contributed by atoms with E-state index in [1.165, 1.54) is 34.3 Å². The minimum Gasteiger partial charge on any atom is -0.379 e. The Morgan fingerprint density at radius 3 is 2.50 bits per heavy atom. The first kappa shape index (κ1) is 23.2. The number of thioether (sulfide) groups is 1. The van der Waals surface area contributed by atoms with E-state index < -0.39 is 26.9 Å². The van der Waals surface area contributed by atoms with E-state index >= 15 is 0 Å².